The van der Waals surface area contributed by atoms with Gasteiger partial charge in [0.15, 0.2) is 5.96 Å². The molecule has 0 radical (unpaired) electrons. The van der Waals surface area contributed by atoms with E-state index < -0.39 is 10.0 Å². The Balaban J connectivity index is 0.00000288. The molecule has 2 N–H and O–H groups in total. The van der Waals surface area contributed by atoms with Crippen LogP contribution < -0.4 is 10.0 Å². The van der Waals surface area contributed by atoms with Crippen molar-refractivity contribution in [1.29, 1.82) is 0 Å². The first kappa shape index (κ1) is 21.2. The molecule has 0 spiro atoms. The van der Waals surface area contributed by atoms with Crippen LogP contribution in [0.3, 0.4) is 0 Å². The fourth-order valence-electron chi connectivity index (χ4n) is 2.69. The van der Waals surface area contributed by atoms with E-state index in [4.69, 9.17) is 0 Å². The van der Waals surface area contributed by atoms with Gasteiger partial charge in [-0.2, -0.15) is 5.10 Å². The highest BCUT2D eigenvalue weighted by atomic mass is 127. The summed E-state index contributed by atoms with van der Waals surface area (Å²) in [5.74, 6) is 1.37. The number of aliphatic imine (C=N–C) groups is 1. The maximum Gasteiger partial charge on any atom is 0.211 e. The van der Waals surface area contributed by atoms with Crippen molar-refractivity contribution in [2.24, 2.45) is 12.0 Å². The predicted molar refractivity (Wildman–Crippen MR) is 106 cm³/mol. The molecule has 0 saturated carbocycles. The maximum absolute atomic E-state index is 11.4. The van der Waals surface area contributed by atoms with Crippen molar-refractivity contribution in [2.45, 2.75) is 19.3 Å². The number of guanidine groups is 1. The molecule has 1 aliphatic heterocycles. The standard InChI is InChI=1S/C14H26N6O2S.HI/c1-4-23(21,22)18-7-6-16-14(15-2)20-8-5-12(11-20)13-9-17-19(3)10-13;/h9-10,12,18H,4-8,11H2,1-3H3,(H,15,16);1H. The van der Waals surface area contributed by atoms with Crippen LogP contribution in [0.2, 0.25) is 0 Å². The van der Waals surface area contributed by atoms with E-state index in [0.29, 0.717) is 19.0 Å². The minimum Gasteiger partial charge on any atom is -0.355 e. The van der Waals surface area contributed by atoms with Crippen LogP contribution in [0, 0.1) is 0 Å². The van der Waals surface area contributed by atoms with Gasteiger partial charge < -0.3 is 10.2 Å². The van der Waals surface area contributed by atoms with Gasteiger partial charge in [-0.05, 0) is 18.9 Å². The monoisotopic (exact) mass is 470 g/mol. The minimum absolute atomic E-state index is 0. The Bertz CT molecular complexity index is 645. The molecular weight excluding hydrogens is 443 g/mol. The fraction of sp³-hybridized carbons (Fsp3) is 0.714. The molecule has 2 heterocycles. The fourth-order valence-corrected chi connectivity index (χ4v) is 3.31. The van der Waals surface area contributed by atoms with Gasteiger partial charge >= 0.3 is 0 Å². The number of rotatable bonds is 6. The summed E-state index contributed by atoms with van der Waals surface area (Å²) in [6, 6.07) is 0. The Labute approximate surface area is 161 Å². The van der Waals surface area contributed by atoms with Crippen molar-refractivity contribution < 1.29 is 8.42 Å². The lowest BCUT2D eigenvalue weighted by Gasteiger charge is -2.21. The lowest BCUT2D eigenvalue weighted by molar-refractivity contribution is 0.486. The zero-order chi connectivity index (χ0) is 16.9. The molecule has 0 amide bonds. The topological polar surface area (TPSA) is 91.6 Å². The van der Waals surface area contributed by atoms with Gasteiger partial charge in [-0.1, -0.05) is 0 Å². The molecule has 1 aromatic rings. The van der Waals surface area contributed by atoms with E-state index in [9.17, 15) is 8.42 Å². The molecule has 1 unspecified atom stereocenters. The van der Waals surface area contributed by atoms with Gasteiger partial charge in [0.2, 0.25) is 10.0 Å². The lowest BCUT2D eigenvalue weighted by Crippen LogP contribution is -2.43. The Hall–Kier alpha value is -0.880. The lowest BCUT2D eigenvalue weighted by atomic mass is 10.0. The van der Waals surface area contributed by atoms with Crippen LogP contribution in [0.5, 0.6) is 0 Å². The van der Waals surface area contributed by atoms with Crippen LogP contribution in [0.25, 0.3) is 0 Å². The van der Waals surface area contributed by atoms with Crippen LogP contribution in [0.4, 0.5) is 0 Å². The Morgan fingerprint density at radius 3 is 2.79 bits per heavy atom. The predicted octanol–water partition coefficient (Wildman–Crippen LogP) is 0.342. The van der Waals surface area contributed by atoms with E-state index in [1.807, 2.05) is 17.9 Å². The third kappa shape index (κ3) is 5.88. The number of nitrogens with one attached hydrogen (secondary N) is 2. The highest BCUT2D eigenvalue weighted by Crippen LogP contribution is 2.26. The average molecular weight is 470 g/mol. The van der Waals surface area contributed by atoms with Crippen LogP contribution in [-0.4, -0.2) is 68.0 Å². The van der Waals surface area contributed by atoms with Gasteiger partial charge in [0.05, 0.1) is 11.9 Å². The molecule has 1 atom stereocenters. The molecule has 0 aromatic carbocycles. The molecule has 1 saturated heterocycles. The van der Waals surface area contributed by atoms with Gasteiger partial charge in [-0.25, -0.2) is 13.1 Å². The Morgan fingerprint density at radius 2 is 2.21 bits per heavy atom. The van der Waals surface area contributed by atoms with Gasteiger partial charge in [0, 0.05) is 52.4 Å². The highest BCUT2D eigenvalue weighted by molar-refractivity contribution is 14.0. The molecule has 10 heteroatoms. The number of sulfonamides is 1. The summed E-state index contributed by atoms with van der Waals surface area (Å²) in [4.78, 5) is 6.49. The minimum atomic E-state index is -3.14. The second kappa shape index (κ2) is 9.56. The van der Waals surface area contributed by atoms with Crippen molar-refractivity contribution in [3.8, 4) is 0 Å². The summed E-state index contributed by atoms with van der Waals surface area (Å²) in [5.41, 5.74) is 1.25. The summed E-state index contributed by atoms with van der Waals surface area (Å²) in [7, 11) is 0.532. The molecule has 1 fully saturated rings. The third-order valence-electron chi connectivity index (χ3n) is 4.01. The maximum atomic E-state index is 11.4. The summed E-state index contributed by atoms with van der Waals surface area (Å²) in [5, 5.41) is 7.44. The molecule has 24 heavy (non-hydrogen) atoms. The van der Waals surface area contributed by atoms with Crippen molar-refractivity contribution in [2.75, 3.05) is 39.0 Å². The van der Waals surface area contributed by atoms with E-state index in [1.165, 1.54) is 5.56 Å². The van der Waals surface area contributed by atoms with E-state index >= 15 is 0 Å². The molecule has 0 aliphatic carbocycles. The third-order valence-corrected chi connectivity index (χ3v) is 5.41. The van der Waals surface area contributed by atoms with E-state index in [2.05, 4.69) is 31.2 Å². The number of likely N-dealkylation sites (tertiary alicyclic amines) is 1. The van der Waals surface area contributed by atoms with Gasteiger partial charge in [-0.15, -0.1) is 24.0 Å². The first-order valence-corrected chi connectivity index (χ1v) is 9.52. The molecule has 1 aromatic heterocycles. The second-order valence-corrected chi connectivity index (χ2v) is 7.75. The van der Waals surface area contributed by atoms with Crippen LogP contribution in [-0.2, 0) is 17.1 Å². The molecule has 138 valence electrons. The number of aromatic nitrogens is 2. The van der Waals surface area contributed by atoms with E-state index in [1.54, 1.807) is 14.0 Å². The average Bonchev–Trinajstić information content (AvgIpc) is 3.16. The highest BCUT2D eigenvalue weighted by Gasteiger charge is 2.26. The first-order valence-electron chi connectivity index (χ1n) is 7.86. The Morgan fingerprint density at radius 1 is 1.46 bits per heavy atom. The van der Waals surface area contributed by atoms with Gasteiger partial charge in [0.1, 0.15) is 0 Å². The molecule has 0 bridgehead atoms. The number of hydrogen-bond donors (Lipinski definition) is 2. The largest absolute Gasteiger partial charge is 0.355 e. The summed E-state index contributed by atoms with van der Waals surface area (Å²) >= 11 is 0. The SMILES string of the molecule is CCS(=O)(=O)NCCNC(=NC)N1CCC(c2cnn(C)c2)C1.I. The molecule has 2 rings (SSSR count). The quantitative estimate of drug-likeness (QED) is 0.271. The molecular formula is C14H27IN6O2S. The van der Waals surface area contributed by atoms with Crippen molar-refractivity contribution in [3.05, 3.63) is 18.0 Å². The van der Waals surface area contributed by atoms with Crippen LogP contribution >= 0.6 is 24.0 Å². The van der Waals surface area contributed by atoms with Gasteiger partial charge in [-0.3, -0.25) is 9.67 Å². The second-order valence-electron chi connectivity index (χ2n) is 5.65. The molecule has 1 aliphatic rings. The Kier molecular flexibility index (Phi) is 8.43. The number of halogens is 1. The van der Waals surface area contributed by atoms with Crippen molar-refractivity contribution in [3.63, 3.8) is 0 Å². The van der Waals surface area contributed by atoms with E-state index in [0.717, 1.165) is 25.5 Å². The number of aryl methyl sites for hydroxylation is 1. The van der Waals surface area contributed by atoms with Crippen LogP contribution in [0.1, 0.15) is 24.8 Å². The van der Waals surface area contributed by atoms with E-state index in [-0.39, 0.29) is 29.7 Å². The van der Waals surface area contributed by atoms with Crippen molar-refractivity contribution >= 4 is 40.0 Å². The smallest absolute Gasteiger partial charge is 0.211 e. The summed E-state index contributed by atoms with van der Waals surface area (Å²) in [6.07, 6.45) is 5.04. The van der Waals surface area contributed by atoms with Crippen LogP contribution in [0.15, 0.2) is 17.4 Å². The summed E-state index contributed by atoms with van der Waals surface area (Å²) < 4.78 is 27.1. The van der Waals surface area contributed by atoms with Crippen molar-refractivity contribution in [1.82, 2.24) is 24.7 Å². The summed E-state index contributed by atoms with van der Waals surface area (Å²) in [6.45, 7) is 4.32. The number of hydrogen-bond acceptors (Lipinski definition) is 4. The van der Waals surface area contributed by atoms with Gasteiger partial charge in [0.25, 0.3) is 0 Å². The normalized spacial score (nSPS) is 18.5. The molecule has 8 nitrogen and oxygen atoms in total. The zero-order valence-corrected chi connectivity index (χ0v) is 17.5. The first-order chi connectivity index (χ1) is 10.9. The number of nitrogens with zero attached hydrogens (tertiary/aromatic N) is 4. The zero-order valence-electron chi connectivity index (χ0n) is 14.4.